The van der Waals surface area contributed by atoms with Gasteiger partial charge in [0, 0.05) is 7.05 Å². The first-order valence-electron chi connectivity index (χ1n) is 11.0. The summed E-state index contributed by atoms with van der Waals surface area (Å²) in [5.41, 5.74) is 0.469. The average Bonchev–Trinajstić information content (AvgIpc) is 3.30. The van der Waals surface area contributed by atoms with Crippen molar-refractivity contribution >= 4 is 37.9 Å². The van der Waals surface area contributed by atoms with Crippen LogP contribution in [0.25, 0.3) is 0 Å². The first kappa shape index (κ1) is 29.1. The third-order valence-corrected chi connectivity index (χ3v) is 7.48. The predicted molar refractivity (Wildman–Crippen MR) is 137 cm³/mol. The molecule has 39 heavy (non-hydrogen) atoms. The topological polar surface area (TPSA) is 205 Å². The second-order valence-corrected chi connectivity index (χ2v) is 10.8. The maximum absolute atomic E-state index is 13.4. The third kappa shape index (κ3) is 7.11. The van der Waals surface area contributed by atoms with Crippen LogP contribution < -0.4 is 24.3 Å². The van der Waals surface area contributed by atoms with Crippen molar-refractivity contribution in [1.29, 1.82) is 0 Å². The molecule has 16 nitrogen and oxygen atoms in total. The number of anilines is 1. The Labute approximate surface area is 224 Å². The van der Waals surface area contributed by atoms with Gasteiger partial charge in [0.1, 0.15) is 5.56 Å². The number of methoxy groups -OCH3 is 2. The van der Waals surface area contributed by atoms with Gasteiger partial charge in [0.15, 0.2) is 5.03 Å². The quantitative estimate of drug-likeness (QED) is 0.128. The molecule has 2 aromatic heterocycles. The molecule has 1 aromatic carbocycles. The second kappa shape index (κ2) is 11.9. The van der Waals surface area contributed by atoms with Crippen molar-refractivity contribution in [3.05, 3.63) is 47.7 Å². The van der Waals surface area contributed by atoms with Crippen molar-refractivity contribution < 1.29 is 35.8 Å². The van der Waals surface area contributed by atoms with Crippen LogP contribution in [0, 0.1) is 6.92 Å². The monoisotopic (exact) mass is 582 g/mol. The number of benzene rings is 1. The molecule has 0 radical (unpaired) electrons. The molecule has 0 aliphatic heterocycles. The van der Waals surface area contributed by atoms with Crippen molar-refractivity contribution in [2.45, 2.75) is 23.8 Å². The van der Waals surface area contributed by atoms with Crippen LogP contribution in [0.3, 0.4) is 0 Å². The van der Waals surface area contributed by atoms with Gasteiger partial charge in [-0.2, -0.15) is 36.7 Å². The Bertz CT molecular complexity index is 1560. The molecule has 3 rings (SSSR count). The lowest BCUT2D eigenvalue weighted by Gasteiger charge is -2.14. The van der Waals surface area contributed by atoms with Gasteiger partial charge in [-0.05, 0) is 26.0 Å². The Morgan fingerprint density at radius 3 is 2.21 bits per heavy atom. The molecule has 0 saturated carbocycles. The fourth-order valence-corrected chi connectivity index (χ4v) is 5.08. The number of esters is 1. The zero-order chi connectivity index (χ0) is 28.8. The van der Waals surface area contributed by atoms with E-state index in [1.54, 1.807) is 26.0 Å². The highest BCUT2D eigenvalue weighted by Crippen LogP contribution is 2.19. The molecular weight excluding hydrogens is 556 g/mol. The molecule has 0 spiro atoms. The maximum atomic E-state index is 13.4. The van der Waals surface area contributed by atoms with Crippen LogP contribution in [0.4, 0.5) is 5.95 Å². The van der Waals surface area contributed by atoms with Gasteiger partial charge >= 0.3 is 5.97 Å². The Hall–Kier alpha value is -4.45. The van der Waals surface area contributed by atoms with E-state index in [-0.39, 0.29) is 34.8 Å². The van der Waals surface area contributed by atoms with Crippen molar-refractivity contribution in [3.63, 3.8) is 0 Å². The number of hydrazone groups is 1. The Balaban J connectivity index is 2.04. The number of carbonyl (C=O) groups is 1. The number of carbonyl (C=O) groups excluding carboxylic acids is 1. The number of ether oxygens (including phenoxy) is 3. The van der Waals surface area contributed by atoms with Gasteiger partial charge in [-0.3, -0.25) is 10.00 Å². The highest BCUT2D eigenvalue weighted by atomic mass is 32.2. The van der Waals surface area contributed by atoms with Gasteiger partial charge in [0.25, 0.3) is 20.0 Å². The molecule has 0 atom stereocenters. The summed E-state index contributed by atoms with van der Waals surface area (Å²) in [6, 6.07) is 7.21. The summed E-state index contributed by atoms with van der Waals surface area (Å²) in [5.74, 6) is -1.79. The predicted octanol–water partition coefficient (Wildman–Crippen LogP) is 0.352. The van der Waals surface area contributed by atoms with Gasteiger partial charge in [0.2, 0.25) is 23.7 Å². The van der Waals surface area contributed by atoms with Crippen LogP contribution in [-0.2, 0) is 31.8 Å². The summed E-state index contributed by atoms with van der Waals surface area (Å²) >= 11 is 0. The van der Waals surface area contributed by atoms with Crippen LogP contribution >= 0.6 is 0 Å². The van der Waals surface area contributed by atoms with Gasteiger partial charge in [-0.25, -0.2) is 9.52 Å². The van der Waals surface area contributed by atoms with Crippen LogP contribution in [0.2, 0.25) is 0 Å². The standard InChI is InChI=1S/C21H26N8O8S2/c1-6-37-19(30)15-12-22-29(3)18(15)39(33,34)27-21(25-20-23-16(35-4)11-17(24-20)36-5)26-28-38(31,32)14-9-7-13(2)8-10-14/h7-12,28H,6H2,1-5H3,(H2,23,24,25,26,27). The minimum Gasteiger partial charge on any atom is -0.481 e. The molecule has 2 heterocycles. The molecule has 0 bridgehead atoms. The van der Waals surface area contributed by atoms with Gasteiger partial charge < -0.3 is 14.2 Å². The van der Waals surface area contributed by atoms with Crippen LogP contribution in [-0.4, -0.2) is 69.3 Å². The Morgan fingerprint density at radius 2 is 1.64 bits per heavy atom. The number of aryl methyl sites for hydroxylation is 2. The van der Waals surface area contributed by atoms with E-state index in [1.807, 2.05) is 4.83 Å². The molecule has 3 N–H and O–H groups in total. The molecular formula is C21H26N8O8S2. The Kier molecular flexibility index (Phi) is 8.92. The van der Waals surface area contributed by atoms with E-state index in [1.165, 1.54) is 39.5 Å². The number of rotatable bonds is 10. The average molecular weight is 583 g/mol. The number of nitrogens with zero attached hydrogens (tertiary/aromatic N) is 5. The van der Waals surface area contributed by atoms with E-state index >= 15 is 0 Å². The third-order valence-electron chi connectivity index (χ3n) is 4.80. The lowest BCUT2D eigenvalue weighted by Crippen LogP contribution is -2.39. The first-order valence-corrected chi connectivity index (χ1v) is 14.0. The summed E-state index contributed by atoms with van der Waals surface area (Å²) in [5, 5.41) is 9.44. The summed E-state index contributed by atoms with van der Waals surface area (Å²) < 4.78 is 70.4. The van der Waals surface area contributed by atoms with Gasteiger partial charge in [0.05, 0.1) is 38.0 Å². The minimum atomic E-state index is -4.63. The lowest BCUT2D eigenvalue weighted by atomic mass is 10.2. The van der Waals surface area contributed by atoms with Gasteiger partial charge in [-0.15, -0.1) is 5.10 Å². The fraction of sp³-hybridized carbons (Fsp3) is 0.286. The van der Waals surface area contributed by atoms with Crippen molar-refractivity contribution in [2.75, 3.05) is 26.1 Å². The smallest absolute Gasteiger partial charge is 0.342 e. The molecule has 0 amide bonds. The second-order valence-electron chi connectivity index (χ2n) is 7.58. The zero-order valence-electron chi connectivity index (χ0n) is 21.5. The SMILES string of the molecule is CCOC(=O)c1cnn(C)c1S(=O)(=O)NC(=NNS(=O)(=O)c1ccc(C)cc1)Nc1nc(OC)cc(OC)n1. The fourth-order valence-electron chi connectivity index (χ4n) is 3.00. The molecule has 0 unspecified atom stereocenters. The summed E-state index contributed by atoms with van der Waals surface area (Å²) in [6.07, 6.45) is 1.02. The van der Waals surface area contributed by atoms with E-state index in [0.29, 0.717) is 0 Å². The highest BCUT2D eigenvalue weighted by Gasteiger charge is 2.30. The maximum Gasteiger partial charge on any atom is 0.342 e. The summed E-state index contributed by atoms with van der Waals surface area (Å²) in [4.78, 5) is 22.2. The zero-order valence-corrected chi connectivity index (χ0v) is 23.1. The number of hydrogen-bond acceptors (Lipinski definition) is 12. The van der Waals surface area contributed by atoms with E-state index in [0.717, 1.165) is 16.4 Å². The van der Waals surface area contributed by atoms with E-state index in [2.05, 4.69) is 30.2 Å². The van der Waals surface area contributed by atoms with Crippen LogP contribution in [0.5, 0.6) is 11.8 Å². The van der Waals surface area contributed by atoms with E-state index in [4.69, 9.17) is 14.2 Å². The van der Waals surface area contributed by atoms with Crippen molar-refractivity contribution in [2.24, 2.45) is 12.1 Å². The Morgan fingerprint density at radius 1 is 1.03 bits per heavy atom. The van der Waals surface area contributed by atoms with E-state index < -0.39 is 37.0 Å². The number of nitrogens with one attached hydrogen (secondary N) is 3. The molecule has 3 aromatic rings. The largest absolute Gasteiger partial charge is 0.481 e. The number of aromatic nitrogens is 4. The van der Waals surface area contributed by atoms with Crippen molar-refractivity contribution in [3.8, 4) is 11.8 Å². The van der Waals surface area contributed by atoms with Gasteiger partial charge in [-0.1, -0.05) is 17.7 Å². The molecule has 0 aliphatic rings. The molecule has 18 heteroatoms. The molecule has 0 saturated heterocycles. The summed E-state index contributed by atoms with van der Waals surface area (Å²) in [6.45, 7) is 3.33. The minimum absolute atomic E-state index is 0.00922. The first-order chi connectivity index (χ1) is 18.4. The summed E-state index contributed by atoms with van der Waals surface area (Å²) in [7, 11) is -4.90. The normalized spacial score (nSPS) is 12.0. The number of hydrogen-bond donors (Lipinski definition) is 3. The van der Waals surface area contributed by atoms with Crippen molar-refractivity contribution in [1.82, 2.24) is 29.3 Å². The molecule has 210 valence electrons. The lowest BCUT2D eigenvalue weighted by molar-refractivity contribution is 0.0521. The molecule has 0 aliphatic carbocycles. The molecule has 0 fully saturated rings. The highest BCUT2D eigenvalue weighted by molar-refractivity contribution is 7.90. The number of guanidine groups is 1. The van der Waals surface area contributed by atoms with Crippen LogP contribution in [0.15, 0.2) is 51.6 Å². The number of sulfonamides is 2. The van der Waals surface area contributed by atoms with Crippen LogP contribution in [0.1, 0.15) is 22.8 Å². The van der Waals surface area contributed by atoms with E-state index in [9.17, 15) is 21.6 Å².